The fourth-order valence-corrected chi connectivity index (χ4v) is 3.95. The first-order valence-corrected chi connectivity index (χ1v) is 11.4. The van der Waals surface area contributed by atoms with Crippen molar-refractivity contribution < 1.29 is 14.3 Å². The molecule has 7 heteroatoms. The number of amides is 1. The Labute approximate surface area is 198 Å². The molecule has 0 bridgehead atoms. The van der Waals surface area contributed by atoms with Crippen LogP contribution < -0.4 is 14.8 Å². The molecule has 0 unspecified atom stereocenters. The summed E-state index contributed by atoms with van der Waals surface area (Å²) in [7, 11) is 0. The SMILES string of the molecule is Cc1ccccc1-n1nc(C(=O)NC[C@H]2COc3ccccc3O2)nc1CCc1ccccc1. The van der Waals surface area contributed by atoms with Crippen LogP contribution in [0.4, 0.5) is 0 Å². The number of aromatic nitrogens is 3. The Hall–Kier alpha value is -4.13. The lowest BCUT2D eigenvalue weighted by Crippen LogP contribution is -2.41. The number of carbonyl (C=O) groups is 1. The second-order valence-corrected chi connectivity index (χ2v) is 8.24. The Morgan fingerprint density at radius 1 is 0.971 bits per heavy atom. The lowest BCUT2D eigenvalue weighted by molar-refractivity contribution is 0.0783. The highest BCUT2D eigenvalue weighted by atomic mass is 16.6. The van der Waals surface area contributed by atoms with Crippen LogP contribution >= 0.6 is 0 Å². The van der Waals surface area contributed by atoms with Gasteiger partial charge in [0.15, 0.2) is 11.5 Å². The van der Waals surface area contributed by atoms with Gasteiger partial charge in [0.1, 0.15) is 18.5 Å². The van der Waals surface area contributed by atoms with Crippen LogP contribution in [0, 0.1) is 6.92 Å². The van der Waals surface area contributed by atoms with Crippen LogP contribution in [0.3, 0.4) is 0 Å². The molecule has 1 aromatic heterocycles. The third kappa shape index (κ3) is 4.78. The summed E-state index contributed by atoms with van der Waals surface area (Å²) < 4.78 is 13.4. The van der Waals surface area contributed by atoms with E-state index in [0.29, 0.717) is 31.1 Å². The fourth-order valence-electron chi connectivity index (χ4n) is 3.95. The topological polar surface area (TPSA) is 78.3 Å². The van der Waals surface area contributed by atoms with Gasteiger partial charge >= 0.3 is 0 Å². The fraction of sp³-hybridized carbons (Fsp3) is 0.222. The highest BCUT2D eigenvalue weighted by molar-refractivity contribution is 5.90. The molecular formula is C27H26N4O3. The zero-order valence-electron chi connectivity index (χ0n) is 19.0. The van der Waals surface area contributed by atoms with Crippen molar-refractivity contribution in [1.29, 1.82) is 0 Å². The van der Waals surface area contributed by atoms with Crippen molar-refractivity contribution in [3.8, 4) is 17.2 Å². The van der Waals surface area contributed by atoms with Gasteiger partial charge in [-0.05, 0) is 42.7 Å². The number of para-hydroxylation sites is 3. The maximum absolute atomic E-state index is 12.9. The molecule has 7 nitrogen and oxygen atoms in total. The summed E-state index contributed by atoms with van der Waals surface area (Å²) in [6, 6.07) is 25.7. The quantitative estimate of drug-likeness (QED) is 0.458. The molecule has 0 saturated heterocycles. The van der Waals surface area contributed by atoms with Gasteiger partial charge < -0.3 is 14.8 Å². The van der Waals surface area contributed by atoms with Gasteiger partial charge in [-0.15, -0.1) is 5.10 Å². The maximum Gasteiger partial charge on any atom is 0.291 e. The predicted octanol–water partition coefficient (Wildman–Crippen LogP) is 3.93. The third-order valence-electron chi connectivity index (χ3n) is 5.76. The van der Waals surface area contributed by atoms with Crippen LogP contribution in [0.2, 0.25) is 0 Å². The lowest BCUT2D eigenvalue weighted by atomic mass is 10.1. The van der Waals surface area contributed by atoms with E-state index < -0.39 is 0 Å². The summed E-state index contributed by atoms with van der Waals surface area (Å²) in [5.74, 6) is 1.94. The van der Waals surface area contributed by atoms with Gasteiger partial charge in [0.05, 0.1) is 12.2 Å². The van der Waals surface area contributed by atoms with Gasteiger partial charge in [-0.2, -0.15) is 0 Å². The highest BCUT2D eigenvalue weighted by Gasteiger charge is 2.23. The summed E-state index contributed by atoms with van der Waals surface area (Å²) in [6.07, 6.45) is 1.18. The van der Waals surface area contributed by atoms with Gasteiger partial charge in [0.25, 0.3) is 5.91 Å². The van der Waals surface area contributed by atoms with Gasteiger partial charge in [-0.1, -0.05) is 60.7 Å². The summed E-state index contributed by atoms with van der Waals surface area (Å²) in [5.41, 5.74) is 3.19. The minimum atomic E-state index is -0.337. The molecule has 0 fully saturated rings. The van der Waals surface area contributed by atoms with Crippen LogP contribution in [-0.4, -0.2) is 39.9 Å². The van der Waals surface area contributed by atoms with E-state index in [-0.39, 0.29) is 17.8 Å². The number of nitrogens with zero attached hydrogens (tertiary/aromatic N) is 3. The van der Waals surface area contributed by atoms with Gasteiger partial charge in [-0.25, -0.2) is 9.67 Å². The zero-order valence-corrected chi connectivity index (χ0v) is 19.0. The molecule has 34 heavy (non-hydrogen) atoms. The third-order valence-corrected chi connectivity index (χ3v) is 5.76. The number of carbonyl (C=O) groups excluding carboxylic acids is 1. The first kappa shape index (κ1) is 21.7. The van der Waals surface area contributed by atoms with Crippen LogP contribution in [0.25, 0.3) is 5.69 Å². The van der Waals surface area contributed by atoms with E-state index in [1.54, 1.807) is 4.68 Å². The summed E-state index contributed by atoms with van der Waals surface area (Å²) in [5, 5.41) is 7.47. The van der Waals surface area contributed by atoms with Crippen molar-refractivity contribution in [2.24, 2.45) is 0 Å². The van der Waals surface area contributed by atoms with Crippen molar-refractivity contribution in [3.05, 3.63) is 102 Å². The van der Waals surface area contributed by atoms with Gasteiger partial charge in [0, 0.05) is 6.42 Å². The van der Waals surface area contributed by atoms with Gasteiger partial charge in [0.2, 0.25) is 5.82 Å². The standard InChI is InChI=1S/C27H26N4O3/c1-19-9-5-6-12-22(19)31-25(16-15-20-10-3-2-4-11-20)29-26(30-31)27(32)28-17-21-18-33-23-13-7-8-14-24(23)34-21/h2-14,21H,15-18H2,1H3,(H,28,32)/t21-/m0/s1. The predicted molar refractivity (Wildman–Crippen MR) is 129 cm³/mol. The van der Waals surface area contributed by atoms with E-state index in [1.165, 1.54) is 5.56 Å². The molecule has 4 aromatic rings. The number of ether oxygens (including phenoxy) is 2. The molecule has 172 valence electrons. The average molecular weight is 455 g/mol. The van der Waals surface area contributed by atoms with Crippen LogP contribution in [0.15, 0.2) is 78.9 Å². The van der Waals surface area contributed by atoms with Crippen molar-refractivity contribution in [2.75, 3.05) is 13.2 Å². The molecule has 1 aliphatic rings. The Morgan fingerprint density at radius 3 is 2.53 bits per heavy atom. The van der Waals surface area contributed by atoms with E-state index in [1.807, 2.05) is 73.7 Å². The molecule has 1 N–H and O–H groups in total. The molecule has 0 saturated carbocycles. The van der Waals surface area contributed by atoms with Crippen LogP contribution in [-0.2, 0) is 12.8 Å². The number of benzene rings is 3. The molecule has 3 aromatic carbocycles. The van der Waals surface area contributed by atoms with Crippen LogP contribution in [0.1, 0.15) is 27.6 Å². The first-order valence-electron chi connectivity index (χ1n) is 11.4. The van der Waals surface area contributed by atoms with Crippen molar-refractivity contribution in [3.63, 3.8) is 0 Å². The summed E-state index contributed by atoms with van der Waals surface area (Å²) in [4.78, 5) is 17.6. The molecule has 0 radical (unpaired) electrons. The molecule has 1 amide bonds. The lowest BCUT2D eigenvalue weighted by Gasteiger charge is -2.26. The minimum absolute atomic E-state index is 0.142. The van der Waals surface area contributed by atoms with E-state index >= 15 is 0 Å². The maximum atomic E-state index is 12.9. The average Bonchev–Trinajstić information content (AvgIpc) is 3.31. The number of rotatable bonds is 7. The number of hydrogen-bond donors (Lipinski definition) is 1. The highest BCUT2D eigenvalue weighted by Crippen LogP contribution is 2.30. The van der Waals surface area contributed by atoms with E-state index in [4.69, 9.17) is 9.47 Å². The van der Waals surface area contributed by atoms with Crippen molar-refractivity contribution in [2.45, 2.75) is 25.9 Å². The van der Waals surface area contributed by atoms with E-state index in [9.17, 15) is 4.79 Å². The Bertz CT molecular complexity index is 1290. The summed E-state index contributed by atoms with van der Waals surface area (Å²) >= 11 is 0. The second-order valence-electron chi connectivity index (χ2n) is 8.24. The smallest absolute Gasteiger partial charge is 0.291 e. The normalized spacial score (nSPS) is 14.6. The van der Waals surface area contributed by atoms with Crippen LogP contribution in [0.5, 0.6) is 11.5 Å². The van der Waals surface area contributed by atoms with Gasteiger partial charge in [-0.3, -0.25) is 4.79 Å². The minimum Gasteiger partial charge on any atom is -0.486 e. The van der Waals surface area contributed by atoms with Crippen molar-refractivity contribution >= 4 is 5.91 Å². The van der Waals surface area contributed by atoms with E-state index in [0.717, 1.165) is 23.5 Å². The largest absolute Gasteiger partial charge is 0.486 e. The summed E-state index contributed by atoms with van der Waals surface area (Å²) in [6.45, 7) is 2.69. The number of nitrogens with one attached hydrogen (secondary N) is 1. The molecule has 2 heterocycles. The number of fused-ring (bicyclic) bond motifs is 1. The zero-order chi connectivity index (χ0) is 23.3. The van der Waals surface area contributed by atoms with Crippen molar-refractivity contribution in [1.82, 2.24) is 20.1 Å². The molecule has 0 spiro atoms. The Balaban J connectivity index is 1.32. The molecule has 1 atom stereocenters. The Kier molecular flexibility index (Phi) is 6.25. The first-order chi connectivity index (χ1) is 16.7. The molecular weight excluding hydrogens is 428 g/mol. The Morgan fingerprint density at radius 2 is 1.71 bits per heavy atom. The molecule has 5 rings (SSSR count). The molecule has 1 aliphatic heterocycles. The van der Waals surface area contributed by atoms with E-state index in [2.05, 4.69) is 27.5 Å². The second kappa shape index (κ2) is 9.79. The number of hydrogen-bond acceptors (Lipinski definition) is 5. The molecule has 0 aliphatic carbocycles. The number of aryl methyl sites for hydroxylation is 3. The monoisotopic (exact) mass is 454 g/mol.